The molecule has 3 rings (SSSR count). The van der Waals surface area contributed by atoms with Gasteiger partial charge in [-0.15, -0.1) is 0 Å². The van der Waals surface area contributed by atoms with E-state index in [9.17, 15) is 18.7 Å². The Bertz CT molecular complexity index is 695. The fraction of sp³-hybridized carbons (Fsp3) is 0.188. The molecular formula is C16H13F2NO2. The van der Waals surface area contributed by atoms with Gasteiger partial charge in [0.25, 0.3) is 5.91 Å². The third-order valence-electron chi connectivity index (χ3n) is 3.55. The molecule has 0 fully saturated rings. The van der Waals surface area contributed by atoms with Gasteiger partial charge in [-0.05, 0) is 36.6 Å². The predicted octanol–water partition coefficient (Wildman–Crippen LogP) is 3.26. The third kappa shape index (κ3) is 2.46. The number of benzene rings is 2. The first-order valence-electron chi connectivity index (χ1n) is 6.65. The molecule has 0 saturated carbocycles. The zero-order valence-electron chi connectivity index (χ0n) is 11.1. The summed E-state index contributed by atoms with van der Waals surface area (Å²) >= 11 is 0. The van der Waals surface area contributed by atoms with E-state index in [1.165, 1.54) is 11.0 Å². The van der Waals surface area contributed by atoms with Gasteiger partial charge in [0.1, 0.15) is 17.4 Å². The minimum Gasteiger partial charge on any atom is -0.506 e. The van der Waals surface area contributed by atoms with Gasteiger partial charge in [-0.3, -0.25) is 4.79 Å². The zero-order valence-corrected chi connectivity index (χ0v) is 11.1. The molecule has 0 spiro atoms. The van der Waals surface area contributed by atoms with Crippen LogP contribution >= 0.6 is 0 Å². The molecule has 0 aromatic heterocycles. The molecule has 108 valence electrons. The second kappa shape index (κ2) is 5.16. The summed E-state index contributed by atoms with van der Waals surface area (Å²) in [5.41, 5.74) is 1.22. The van der Waals surface area contributed by atoms with Crippen molar-refractivity contribution in [1.29, 1.82) is 0 Å². The minimum atomic E-state index is -0.798. The first-order chi connectivity index (χ1) is 10.1. The van der Waals surface area contributed by atoms with E-state index in [2.05, 4.69) is 0 Å². The van der Waals surface area contributed by atoms with Crippen LogP contribution in [-0.4, -0.2) is 17.6 Å². The number of anilines is 1. The SMILES string of the molecule is O=C(c1cc(F)cc(F)c1)N1CCCc2cccc(O)c21. The van der Waals surface area contributed by atoms with Crippen LogP contribution < -0.4 is 4.90 Å². The molecule has 2 aromatic carbocycles. The molecular weight excluding hydrogens is 276 g/mol. The van der Waals surface area contributed by atoms with E-state index in [1.54, 1.807) is 6.07 Å². The molecule has 1 aliphatic heterocycles. The van der Waals surface area contributed by atoms with Gasteiger partial charge in [0.2, 0.25) is 0 Å². The van der Waals surface area contributed by atoms with Crippen molar-refractivity contribution in [3.8, 4) is 5.75 Å². The number of phenols is 1. The number of hydrogen-bond donors (Lipinski definition) is 1. The molecule has 1 N–H and O–H groups in total. The van der Waals surface area contributed by atoms with Gasteiger partial charge in [-0.1, -0.05) is 12.1 Å². The number of rotatable bonds is 1. The highest BCUT2D eigenvalue weighted by molar-refractivity contribution is 6.07. The molecule has 0 atom stereocenters. The fourth-order valence-electron chi connectivity index (χ4n) is 2.67. The largest absolute Gasteiger partial charge is 0.506 e. The van der Waals surface area contributed by atoms with E-state index in [1.807, 2.05) is 6.07 Å². The van der Waals surface area contributed by atoms with E-state index in [0.717, 1.165) is 36.6 Å². The Morgan fingerprint density at radius 1 is 1.14 bits per heavy atom. The van der Waals surface area contributed by atoms with Crippen molar-refractivity contribution in [1.82, 2.24) is 0 Å². The number of amides is 1. The van der Waals surface area contributed by atoms with Crippen molar-refractivity contribution in [3.05, 3.63) is 59.2 Å². The van der Waals surface area contributed by atoms with Gasteiger partial charge in [0.05, 0.1) is 5.69 Å². The van der Waals surface area contributed by atoms with Crippen LogP contribution in [0, 0.1) is 11.6 Å². The highest BCUT2D eigenvalue weighted by Gasteiger charge is 2.26. The maximum atomic E-state index is 13.3. The van der Waals surface area contributed by atoms with Crippen molar-refractivity contribution in [2.75, 3.05) is 11.4 Å². The summed E-state index contributed by atoms with van der Waals surface area (Å²) in [6.45, 7) is 0.404. The predicted molar refractivity (Wildman–Crippen MR) is 74.5 cm³/mol. The van der Waals surface area contributed by atoms with Crippen LogP contribution in [0.4, 0.5) is 14.5 Å². The Morgan fingerprint density at radius 2 is 1.86 bits per heavy atom. The first-order valence-corrected chi connectivity index (χ1v) is 6.65. The standard InChI is InChI=1S/C16H13F2NO2/c17-12-7-11(8-13(18)9-12)16(21)19-6-2-4-10-3-1-5-14(20)15(10)19/h1,3,5,7-9,20H,2,4,6H2. The van der Waals surface area contributed by atoms with E-state index < -0.39 is 17.5 Å². The summed E-state index contributed by atoms with van der Waals surface area (Å²) in [5.74, 6) is -2.12. The van der Waals surface area contributed by atoms with Crippen LogP contribution in [0.1, 0.15) is 22.3 Å². The van der Waals surface area contributed by atoms with Gasteiger partial charge in [0, 0.05) is 18.2 Å². The van der Waals surface area contributed by atoms with Crippen molar-refractivity contribution in [2.24, 2.45) is 0 Å². The second-order valence-corrected chi connectivity index (χ2v) is 5.00. The van der Waals surface area contributed by atoms with Crippen molar-refractivity contribution in [2.45, 2.75) is 12.8 Å². The number of para-hydroxylation sites is 1. The number of fused-ring (bicyclic) bond motifs is 1. The molecule has 21 heavy (non-hydrogen) atoms. The Kier molecular flexibility index (Phi) is 3.33. The molecule has 5 heteroatoms. The number of halogens is 2. The maximum absolute atomic E-state index is 13.3. The number of carbonyl (C=O) groups is 1. The van der Waals surface area contributed by atoms with Crippen LogP contribution in [0.5, 0.6) is 5.75 Å². The van der Waals surface area contributed by atoms with Crippen LogP contribution in [0.2, 0.25) is 0 Å². The lowest BCUT2D eigenvalue weighted by Crippen LogP contribution is -2.35. The van der Waals surface area contributed by atoms with E-state index in [0.29, 0.717) is 12.2 Å². The van der Waals surface area contributed by atoms with Crippen LogP contribution in [0.3, 0.4) is 0 Å². The summed E-state index contributed by atoms with van der Waals surface area (Å²) in [6.07, 6.45) is 1.49. The number of hydrogen-bond acceptors (Lipinski definition) is 2. The maximum Gasteiger partial charge on any atom is 0.258 e. The number of aromatic hydroxyl groups is 1. The van der Waals surface area contributed by atoms with Gasteiger partial charge in [-0.25, -0.2) is 8.78 Å². The molecule has 1 heterocycles. The average molecular weight is 289 g/mol. The van der Waals surface area contributed by atoms with E-state index in [-0.39, 0.29) is 11.3 Å². The summed E-state index contributed by atoms with van der Waals surface area (Å²) in [5, 5.41) is 9.99. The molecule has 1 amide bonds. The molecule has 2 aromatic rings. The third-order valence-corrected chi connectivity index (χ3v) is 3.55. The molecule has 1 aliphatic rings. The Hall–Kier alpha value is -2.43. The molecule has 0 bridgehead atoms. The quantitative estimate of drug-likeness (QED) is 0.875. The van der Waals surface area contributed by atoms with Gasteiger partial charge >= 0.3 is 0 Å². The molecule has 0 unspecified atom stereocenters. The second-order valence-electron chi connectivity index (χ2n) is 5.00. The molecule has 0 saturated heterocycles. The monoisotopic (exact) mass is 289 g/mol. The fourth-order valence-corrected chi connectivity index (χ4v) is 2.67. The number of nitrogens with zero attached hydrogens (tertiary/aromatic N) is 1. The first kappa shape index (κ1) is 13.5. The lowest BCUT2D eigenvalue weighted by molar-refractivity contribution is 0.0983. The lowest BCUT2D eigenvalue weighted by atomic mass is 10.00. The van der Waals surface area contributed by atoms with Crippen molar-refractivity contribution < 1.29 is 18.7 Å². The van der Waals surface area contributed by atoms with Gasteiger partial charge in [0.15, 0.2) is 0 Å². The van der Waals surface area contributed by atoms with E-state index >= 15 is 0 Å². The van der Waals surface area contributed by atoms with Crippen molar-refractivity contribution in [3.63, 3.8) is 0 Å². The average Bonchev–Trinajstić information content (AvgIpc) is 2.45. The molecule has 3 nitrogen and oxygen atoms in total. The normalized spacial score (nSPS) is 13.9. The van der Waals surface area contributed by atoms with Gasteiger partial charge < -0.3 is 10.0 Å². The number of aryl methyl sites for hydroxylation is 1. The number of carbonyl (C=O) groups excluding carboxylic acids is 1. The highest BCUT2D eigenvalue weighted by atomic mass is 19.1. The minimum absolute atomic E-state index is 0.00238. The topological polar surface area (TPSA) is 40.5 Å². The van der Waals surface area contributed by atoms with E-state index in [4.69, 9.17) is 0 Å². The summed E-state index contributed by atoms with van der Waals surface area (Å²) in [7, 11) is 0. The summed E-state index contributed by atoms with van der Waals surface area (Å²) < 4.78 is 26.5. The van der Waals surface area contributed by atoms with Crippen molar-refractivity contribution >= 4 is 11.6 Å². The molecule has 0 aliphatic carbocycles. The van der Waals surface area contributed by atoms with Gasteiger partial charge in [-0.2, -0.15) is 0 Å². The zero-order chi connectivity index (χ0) is 15.0. The van der Waals surface area contributed by atoms with Crippen LogP contribution in [0.25, 0.3) is 0 Å². The molecule has 0 radical (unpaired) electrons. The summed E-state index contributed by atoms with van der Waals surface area (Å²) in [6, 6.07) is 7.76. The Labute approximate surface area is 120 Å². The van der Waals surface area contributed by atoms with Crippen LogP contribution in [-0.2, 0) is 6.42 Å². The Balaban J connectivity index is 2.04. The highest BCUT2D eigenvalue weighted by Crippen LogP contribution is 2.36. The summed E-state index contributed by atoms with van der Waals surface area (Å²) in [4.78, 5) is 13.9. The smallest absolute Gasteiger partial charge is 0.258 e. The van der Waals surface area contributed by atoms with Crippen LogP contribution in [0.15, 0.2) is 36.4 Å². The lowest BCUT2D eigenvalue weighted by Gasteiger charge is -2.30. The number of phenolic OH excluding ortho intramolecular Hbond substituents is 1. The Morgan fingerprint density at radius 3 is 2.57 bits per heavy atom.